The minimum Gasteiger partial charge on any atom is -0.497 e. The van der Waals surface area contributed by atoms with E-state index in [1.807, 2.05) is 37.3 Å². The molecule has 3 aromatic carbocycles. The van der Waals surface area contributed by atoms with Crippen molar-refractivity contribution >= 4 is 34.1 Å². The first-order chi connectivity index (χ1) is 15.5. The normalized spacial score (nSPS) is 14.3. The highest BCUT2D eigenvalue weighted by Gasteiger charge is 2.30. The fraction of sp³-hybridized carbons (Fsp3) is 0.115. The Balaban J connectivity index is 1.80. The third kappa shape index (κ3) is 3.08. The van der Waals surface area contributed by atoms with Gasteiger partial charge in [-0.25, -0.2) is 4.98 Å². The van der Waals surface area contributed by atoms with E-state index >= 15 is 0 Å². The van der Waals surface area contributed by atoms with E-state index in [0.717, 1.165) is 16.8 Å². The lowest BCUT2D eigenvalue weighted by atomic mass is 10.0. The summed E-state index contributed by atoms with van der Waals surface area (Å²) < 4.78 is 6.79. The summed E-state index contributed by atoms with van der Waals surface area (Å²) >= 11 is 0. The van der Waals surface area contributed by atoms with Crippen molar-refractivity contribution in [1.82, 2.24) is 9.55 Å². The first kappa shape index (κ1) is 19.8. The maximum atomic E-state index is 13.5. The summed E-state index contributed by atoms with van der Waals surface area (Å²) in [6.07, 6.45) is 1.71. The van der Waals surface area contributed by atoms with Crippen molar-refractivity contribution < 1.29 is 9.53 Å². The fourth-order valence-electron chi connectivity index (χ4n) is 4.06. The molecular weight excluding hydrogens is 402 g/mol. The van der Waals surface area contributed by atoms with Gasteiger partial charge in [-0.2, -0.15) is 0 Å². The van der Waals surface area contributed by atoms with Crippen molar-refractivity contribution in [3.05, 3.63) is 94.0 Å². The van der Waals surface area contributed by atoms with Crippen LogP contribution in [-0.2, 0) is 4.79 Å². The number of anilines is 1. The molecule has 0 unspecified atom stereocenters. The van der Waals surface area contributed by atoms with E-state index < -0.39 is 0 Å². The molecule has 0 spiro atoms. The highest BCUT2D eigenvalue weighted by atomic mass is 16.5. The summed E-state index contributed by atoms with van der Waals surface area (Å²) in [6, 6.07) is 20.3. The van der Waals surface area contributed by atoms with E-state index in [9.17, 15) is 9.59 Å². The predicted molar refractivity (Wildman–Crippen MR) is 126 cm³/mol. The molecule has 6 heteroatoms. The van der Waals surface area contributed by atoms with Crippen molar-refractivity contribution in [2.24, 2.45) is 0 Å². The Labute approximate surface area is 185 Å². The molecule has 0 saturated carbocycles. The van der Waals surface area contributed by atoms with Crippen LogP contribution < -0.4 is 15.2 Å². The molecular formula is C26H21N3O3. The Morgan fingerprint density at radius 1 is 0.969 bits per heavy atom. The molecule has 158 valence electrons. The number of aromatic nitrogens is 2. The van der Waals surface area contributed by atoms with Crippen LogP contribution in [0.25, 0.3) is 28.2 Å². The van der Waals surface area contributed by atoms with Gasteiger partial charge in [-0.1, -0.05) is 23.8 Å². The smallest absolute Gasteiger partial charge is 0.266 e. The van der Waals surface area contributed by atoms with Crippen LogP contribution in [0.4, 0.5) is 5.69 Å². The van der Waals surface area contributed by atoms with Crippen molar-refractivity contribution in [3.8, 4) is 11.4 Å². The number of benzene rings is 3. The van der Waals surface area contributed by atoms with Crippen LogP contribution in [0.3, 0.4) is 0 Å². The first-order valence-corrected chi connectivity index (χ1v) is 10.2. The molecule has 0 saturated heterocycles. The Morgan fingerprint density at radius 3 is 2.47 bits per heavy atom. The number of likely N-dealkylation sites (N-methyl/N-ethyl adjacent to an activating group) is 1. The lowest BCUT2D eigenvalue weighted by molar-refractivity contribution is -0.112. The molecule has 0 atom stereocenters. The topological polar surface area (TPSA) is 64.4 Å². The number of carbonyl (C=O) groups excluding carboxylic acids is 1. The van der Waals surface area contributed by atoms with Crippen molar-refractivity contribution in [3.63, 3.8) is 0 Å². The van der Waals surface area contributed by atoms with Gasteiger partial charge in [-0.15, -0.1) is 0 Å². The number of ether oxygens (including phenoxy) is 1. The molecule has 32 heavy (non-hydrogen) atoms. The molecule has 0 bridgehead atoms. The number of fused-ring (bicyclic) bond motifs is 2. The number of amides is 1. The van der Waals surface area contributed by atoms with Crippen molar-refractivity contribution in [2.75, 3.05) is 19.1 Å². The molecule has 0 N–H and O–H groups in total. The lowest BCUT2D eigenvalue weighted by Gasteiger charge is -2.13. The summed E-state index contributed by atoms with van der Waals surface area (Å²) in [5.41, 5.74) is 4.26. The SMILES string of the molecule is COc1ccc(-n2c(C=C3C(=O)N(C)c4ccc(C)cc43)nc3ccccc3c2=O)cc1. The summed E-state index contributed by atoms with van der Waals surface area (Å²) in [7, 11) is 3.35. The van der Waals surface area contributed by atoms with Gasteiger partial charge in [0, 0.05) is 12.6 Å². The van der Waals surface area contributed by atoms with Gasteiger partial charge in [-0.05, 0) is 61.5 Å². The predicted octanol–water partition coefficient (Wildman–Crippen LogP) is 4.22. The van der Waals surface area contributed by atoms with Crippen LogP contribution in [0.5, 0.6) is 5.75 Å². The molecule has 0 fully saturated rings. The Morgan fingerprint density at radius 2 is 1.72 bits per heavy atom. The quantitative estimate of drug-likeness (QED) is 0.463. The number of nitrogens with zero attached hydrogens (tertiary/aromatic N) is 3. The number of hydrogen-bond donors (Lipinski definition) is 0. The average molecular weight is 423 g/mol. The van der Waals surface area contributed by atoms with Gasteiger partial charge in [0.2, 0.25) is 0 Å². The monoisotopic (exact) mass is 423 g/mol. The van der Waals surface area contributed by atoms with Crippen LogP contribution in [0.1, 0.15) is 17.0 Å². The number of methoxy groups -OCH3 is 1. The molecule has 5 rings (SSSR count). The lowest BCUT2D eigenvalue weighted by Crippen LogP contribution is -2.23. The Hall–Kier alpha value is -4.19. The van der Waals surface area contributed by atoms with Crippen LogP contribution in [0.2, 0.25) is 0 Å². The van der Waals surface area contributed by atoms with Gasteiger partial charge in [0.05, 0.1) is 35.0 Å². The minimum atomic E-state index is -0.198. The zero-order valence-corrected chi connectivity index (χ0v) is 18.0. The third-order valence-electron chi connectivity index (χ3n) is 5.74. The van der Waals surface area contributed by atoms with E-state index in [1.165, 1.54) is 4.57 Å². The van der Waals surface area contributed by atoms with Crippen LogP contribution in [0.15, 0.2) is 71.5 Å². The molecule has 1 amide bonds. The summed E-state index contributed by atoms with van der Waals surface area (Å²) in [6.45, 7) is 1.99. The highest BCUT2D eigenvalue weighted by molar-refractivity contribution is 6.35. The maximum absolute atomic E-state index is 13.5. The zero-order chi connectivity index (χ0) is 22.4. The van der Waals surface area contributed by atoms with Crippen LogP contribution in [-0.4, -0.2) is 29.6 Å². The van der Waals surface area contributed by atoms with E-state index in [-0.39, 0.29) is 11.5 Å². The minimum absolute atomic E-state index is 0.130. The second-order valence-electron chi connectivity index (χ2n) is 7.77. The molecule has 6 nitrogen and oxygen atoms in total. The standard InChI is InChI=1S/C26H21N3O3/c1-16-8-13-23-20(14-16)21(25(30)28(23)2)15-24-27-22-7-5-4-6-19(22)26(31)29(24)17-9-11-18(32-3)12-10-17/h4-15H,1-3H3. The largest absolute Gasteiger partial charge is 0.497 e. The van der Waals surface area contributed by atoms with Gasteiger partial charge in [0.1, 0.15) is 11.6 Å². The summed E-state index contributed by atoms with van der Waals surface area (Å²) in [5, 5.41) is 0.511. The van der Waals surface area contributed by atoms with Crippen molar-refractivity contribution in [1.29, 1.82) is 0 Å². The number of aryl methyl sites for hydroxylation is 1. The Kier molecular flexibility index (Phi) is 4.63. The summed E-state index contributed by atoms with van der Waals surface area (Å²) in [4.78, 5) is 33.0. The van der Waals surface area contributed by atoms with Crippen LogP contribution >= 0.6 is 0 Å². The molecule has 0 radical (unpaired) electrons. The number of rotatable bonds is 3. The zero-order valence-electron chi connectivity index (χ0n) is 18.0. The molecule has 0 aliphatic carbocycles. The molecule has 1 aromatic heterocycles. The maximum Gasteiger partial charge on any atom is 0.266 e. The van der Waals surface area contributed by atoms with Gasteiger partial charge in [0.25, 0.3) is 11.5 Å². The number of carbonyl (C=O) groups is 1. The molecule has 1 aliphatic heterocycles. The molecule has 2 heterocycles. The third-order valence-corrected chi connectivity index (χ3v) is 5.74. The second kappa shape index (κ2) is 7.50. The van der Waals surface area contributed by atoms with Gasteiger partial charge in [-0.3, -0.25) is 14.2 Å². The van der Waals surface area contributed by atoms with Gasteiger partial charge < -0.3 is 9.64 Å². The Bertz CT molecular complexity index is 1470. The van der Waals surface area contributed by atoms with E-state index in [0.29, 0.717) is 33.7 Å². The second-order valence-corrected chi connectivity index (χ2v) is 7.77. The highest BCUT2D eigenvalue weighted by Crippen LogP contribution is 2.37. The summed E-state index contributed by atoms with van der Waals surface area (Å²) in [5.74, 6) is 0.951. The van der Waals surface area contributed by atoms with Gasteiger partial charge >= 0.3 is 0 Å². The average Bonchev–Trinajstić information content (AvgIpc) is 3.03. The van der Waals surface area contributed by atoms with E-state index in [1.54, 1.807) is 61.5 Å². The van der Waals surface area contributed by atoms with E-state index in [4.69, 9.17) is 9.72 Å². The molecule has 4 aromatic rings. The molecule has 1 aliphatic rings. The van der Waals surface area contributed by atoms with E-state index in [2.05, 4.69) is 0 Å². The first-order valence-electron chi connectivity index (χ1n) is 10.2. The van der Waals surface area contributed by atoms with Crippen LogP contribution in [0, 0.1) is 6.92 Å². The fourth-order valence-corrected chi connectivity index (χ4v) is 4.06. The number of hydrogen-bond acceptors (Lipinski definition) is 4. The van der Waals surface area contributed by atoms with Crippen molar-refractivity contribution in [2.45, 2.75) is 6.92 Å². The number of para-hydroxylation sites is 1. The van der Waals surface area contributed by atoms with Gasteiger partial charge in [0.15, 0.2) is 0 Å².